The molecule has 0 amide bonds. The van der Waals surface area contributed by atoms with E-state index in [9.17, 15) is 0 Å². The van der Waals surface area contributed by atoms with Gasteiger partial charge in [-0.25, -0.2) is 0 Å². The van der Waals surface area contributed by atoms with Gasteiger partial charge in [-0.3, -0.25) is 0 Å². The van der Waals surface area contributed by atoms with Crippen molar-refractivity contribution in [2.75, 3.05) is 13.7 Å². The minimum Gasteiger partial charge on any atom is -0.385 e. The van der Waals surface area contributed by atoms with E-state index in [1.54, 1.807) is 25.2 Å². The van der Waals surface area contributed by atoms with Gasteiger partial charge in [0.2, 0.25) is 0 Å². The van der Waals surface area contributed by atoms with Gasteiger partial charge in [0, 0.05) is 26.0 Å². The number of nitrogens with zero attached hydrogens (tertiary/aromatic N) is 4. The highest BCUT2D eigenvalue weighted by molar-refractivity contribution is 7.98. The number of nitriles is 1. The maximum Gasteiger partial charge on any atom is 0.191 e. The molecule has 2 aromatic rings. The topological polar surface area (TPSA) is 63.7 Å². The van der Waals surface area contributed by atoms with Crippen LogP contribution in [0.2, 0.25) is 0 Å². The van der Waals surface area contributed by atoms with Crippen molar-refractivity contribution in [2.45, 2.75) is 23.9 Å². The number of methoxy groups -OCH3 is 1. The van der Waals surface area contributed by atoms with Gasteiger partial charge in [0.25, 0.3) is 0 Å². The van der Waals surface area contributed by atoms with Crippen LogP contribution in [0, 0.1) is 11.3 Å². The van der Waals surface area contributed by atoms with Gasteiger partial charge < -0.3 is 9.30 Å². The minimum atomic E-state index is 0.682. The Hall–Kier alpha value is -1.84. The number of hydrogen-bond acceptors (Lipinski definition) is 5. The van der Waals surface area contributed by atoms with Crippen LogP contribution in [0.15, 0.2) is 35.7 Å². The number of rotatable bonds is 7. The van der Waals surface area contributed by atoms with Crippen molar-refractivity contribution in [3.8, 4) is 6.07 Å². The lowest BCUT2D eigenvalue weighted by molar-refractivity contribution is 0.189. The molecule has 20 heavy (non-hydrogen) atoms. The third-order valence-corrected chi connectivity index (χ3v) is 3.83. The molecule has 0 saturated carbocycles. The molecule has 0 unspecified atom stereocenters. The molecule has 0 atom stereocenters. The summed E-state index contributed by atoms with van der Waals surface area (Å²) in [6, 6.07) is 9.72. The van der Waals surface area contributed by atoms with E-state index >= 15 is 0 Å². The summed E-state index contributed by atoms with van der Waals surface area (Å²) in [5, 5.41) is 17.7. The van der Waals surface area contributed by atoms with Gasteiger partial charge in [-0.15, -0.1) is 10.2 Å². The van der Waals surface area contributed by atoms with E-state index in [-0.39, 0.29) is 0 Å². The summed E-state index contributed by atoms with van der Waals surface area (Å²) in [4.78, 5) is 0. The average Bonchev–Trinajstić information content (AvgIpc) is 2.93. The highest BCUT2D eigenvalue weighted by Gasteiger charge is 2.05. The van der Waals surface area contributed by atoms with Crippen LogP contribution in [-0.2, 0) is 17.0 Å². The van der Waals surface area contributed by atoms with E-state index in [4.69, 9.17) is 10.00 Å². The zero-order valence-electron chi connectivity index (χ0n) is 11.3. The SMILES string of the molecule is COCCCn1cnnc1SCc1ccc(C#N)cc1. The van der Waals surface area contributed by atoms with Crippen LogP contribution in [0.25, 0.3) is 0 Å². The molecule has 0 N–H and O–H groups in total. The Morgan fingerprint density at radius 1 is 1.35 bits per heavy atom. The lowest BCUT2D eigenvalue weighted by Gasteiger charge is -2.05. The standard InChI is InChI=1S/C14H16N4OS/c1-19-8-2-7-18-11-16-17-14(18)20-10-13-5-3-12(9-15)4-6-13/h3-6,11H,2,7-8,10H2,1H3. The van der Waals surface area contributed by atoms with E-state index in [0.29, 0.717) is 5.56 Å². The first-order chi connectivity index (χ1) is 9.83. The molecule has 0 aliphatic heterocycles. The van der Waals surface area contributed by atoms with Gasteiger partial charge in [-0.2, -0.15) is 5.26 Å². The number of thioether (sulfide) groups is 1. The number of aromatic nitrogens is 3. The summed E-state index contributed by atoms with van der Waals surface area (Å²) in [6.45, 7) is 1.59. The molecule has 0 aliphatic carbocycles. The molecule has 2 rings (SSSR count). The second-order valence-corrected chi connectivity index (χ2v) is 5.19. The predicted octanol–water partition coefficient (Wildman–Crippen LogP) is 2.48. The van der Waals surface area contributed by atoms with Crippen LogP contribution in [0.4, 0.5) is 0 Å². The number of aryl methyl sites for hydroxylation is 1. The lowest BCUT2D eigenvalue weighted by atomic mass is 10.2. The van der Waals surface area contributed by atoms with Crippen molar-refractivity contribution in [3.05, 3.63) is 41.7 Å². The van der Waals surface area contributed by atoms with E-state index in [0.717, 1.165) is 30.5 Å². The molecule has 1 aromatic carbocycles. The molecule has 6 heteroatoms. The monoisotopic (exact) mass is 288 g/mol. The molecule has 0 radical (unpaired) electrons. The quantitative estimate of drug-likeness (QED) is 0.578. The number of hydrogen-bond donors (Lipinski definition) is 0. The number of ether oxygens (including phenoxy) is 1. The van der Waals surface area contributed by atoms with Crippen LogP contribution in [-0.4, -0.2) is 28.5 Å². The lowest BCUT2D eigenvalue weighted by Crippen LogP contribution is -2.02. The fraction of sp³-hybridized carbons (Fsp3) is 0.357. The second kappa shape index (κ2) is 7.68. The minimum absolute atomic E-state index is 0.682. The summed E-state index contributed by atoms with van der Waals surface area (Å²) in [5.74, 6) is 0.814. The molecule has 1 aromatic heterocycles. The maximum absolute atomic E-state index is 8.76. The van der Waals surface area contributed by atoms with Crippen LogP contribution in [0.5, 0.6) is 0 Å². The molecule has 0 spiro atoms. The maximum atomic E-state index is 8.76. The van der Waals surface area contributed by atoms with Crippen molar-refractivity contribution >= 4 is 11.8 Å². The van der Waals surface area contributed by atoms with E-state index in [2.05, 4.69) is 16.3 Å². The zero-order chi connectivity index (χ0) is 14.2. The normalized spacial score (nSPS) is 10.4. The number of benzene rings is 1. The summed E-state index contributed by atoms with van der Waals surface area (Å²) in [6.07, 6.45) is 2.69. The molecule has 0 aliphatic rings. The van der Waals surface area contributed by atoms with Crippen molar-refractivity contribution in [1.82, 2.24) is 14.8 Å². The van der Waals surface area contributed by atoms with Gasteiger partial charge in [-0.05, 0) is 24.1 Å². The Kier molecular flexibility index (Phi) is 5.59. The Morgan fingerprint density at radius 2 is 2.15 bits per heavy atom. The molecular weight excluding hydrogens is 272 g/mol. The summed E-state index contributed by atoms with van der Waals surface area (Å²) in [5.41, 5.74) is 1.85. The molecular formula is C14H16N4OS. The fourth-order valence-corrected chi connectivity index (χ4v) is 2.61. The first-order valence-electron chi connectivity index (χ1n) is 6.32. The summed E-state index contributed by atoms with van der Waals surface area (Å²) >= 11 is 1.64. The first-order valence-corrected chi connectivity index (χ1v) is 7.30. The Bertz CT molecular complexity index is 574. The van der Waals surface area contributed by atoms with Crippen LogP contribution in [0.1, 0.15) is 17.5 Å². The molecule has 0 bridgehead atoms. The fourth-order valence-electron chi connectivity index (χ4n) is 1.71. The van der Waals surface area contributed by atoms with Crippen molar-refractivity contribution < 1.29 is 4.74 Å². The van der Waals surface area contributed by atoms with E-state index < -0.39 is 0 Å². The van der Waals surface area contributed by atoms with Crippen molar-refractivity contribution in [1.29, 1.82) is 5.26 Å². The van der Waals surface area contributed by atoms with Gasteiger partial charge in [0.1, 0.15) is 6.33 Å². The second-order valence-electron chi connectivity index (χ2n) is 4.25. The molecule has 104 valence electrons. The van der Waals surface area contributed by atoms with E-state index in [1.165, 1.54) is 5.56 Å². The van der Waals surface area contributed by atoms with Gasteiger partial charge >= 0.3 is 0 Å². The average molecular weight is 288 g/mol. The third-order valence-electron chi connectivity index (χ3n) is 2.78. The largest absolute Gasteiger partial charge is 0.385 e. The first kappa shape index (κ1) is 14.6. The van der Waals surface area contributed by atoms with Crippen LogP contribution < -0.4 is 0 Å². The third kappa shape index (κ3) is 4.08. The van der Waals surface area contributed by atoms with E-state index in [1.807, 2.05) is 28.8 Å². The highest BCUT2D eigenvalue weighted by Crippen LogP contribution is 2.21. The molecule has 0 fully saturated rings. The van der Waals surface area contributed by atoms with Gasteiger partial charge in [-0.1, -0.05) is 23.9 Å². The van der Waals surface area contributed by atoms with Crippen molar-refractivity contribution in [3.63, 3.8) is 0 Å². The van der Waals surface area contributed by atoms with Crippen LogP contribution in [0.3, 0.4) is 0 Å². The zero-order valence-corrected chi connectivity index (χ0v) is 12.1. The molecule has 1 heterocycles. The Balaban J connectivity index is 1.90. The Labute approximate surface area is 122 Å². The van der Waals surface area contributed by atoms with Crippen LogP contribution >= 0.6 is 11.8 Å². The van der Waals surface area contributed by atoms with Gasteiger partial charge in [0.15, 0.2) is 5.16 Å². The summed E-state index contributed by atoms with van der Waals surface area (Å²) in [7, 11) is 1.70. The highest BCUT2D eigenvalue weighted by atomic mass is 32.2. The predicted molar refractivity (Wildman–Crippen MR) is 77.2 cm³/mol. The van der Waals surface area contributed by atoms with Crippen molar-refractivity contribution in [2.24, 2.45) is 0 Å². The Morgan fingerprint density at radius 3 is 2.85 bits per heavy atom. The molecule has 5 nitrogen and oxygen atoms in total. The molecule has 0 saturated heterocycles. The smallest absolute Gasteiger partial charge is 0.191 e. The van der Waals surface area contributed by atoms with Gasteiger partial charge in [0.05, 0.1) is 11.6 Å². The summed E-state index contributed by atoms with van der Waals surface area (Å²) < 4.78 is 7.08.